The molecule has 0 bridgehead atoms. The molecular weight excluding hydrogens is 258 g/mol. The van der Waals surface area contributed by atoms with Crippen molar-refractivity contribution >= 4 is 17.7 Å². The molecule has 0 aliphatic heterocycles. The summed E-state index contributed by atoms with van der Waals surface area (Å²) in [4.78, 5) is 22.5. The van der Waals surface area contributed by atoms with Crippen LogP contribution in [-0.4, -0.2) is 17.7 Å². The molecular formula is C15H21NO4. The molecule has 1 aromatic carbocycles. The van der Waals surface area contributed by atoms with E-state index < -0.39 is 11.7 Å². The third kappa shape index (κ3) is 5.73. The van der Waals surface area contributed by atoms with Crippen LogP contribution in [0.3, 0.4) is 0 Å². The van der Waals surface area contributed by atoms with Gasteiger partial charge in [-0.2, -0.15) is 0 Å². The molecule has 5 nitrogen and oxygen atoms in total. The number of carbonyl (C=O) groups excluding carboxylic acids is 2. The van der Waals surface area contributed by atoms with Crippen molar-refractivity contribution in [3.63, 3.8) is 0 Å². The molecule has 5 heteroatoms. The van der Waals surface area contributed by atoms with Crippen LogP contribution >= 0.6 is 0 Å². The van der Waals surface area contributed by atoms with Crippen molar-refractivity contribution in [2.75, 3.05) is 5.32 Å². The number of anilines is 1. The third-order valence-corrected chi connectivity index (χ3v) is 2.37. The lowest BCUT2D eigenvalue weighted by Crippen LogP contribution is -2.27. The van der Waals surface area contributed by atoms with Crippen LogP contribution in [-0.2, 0) is 14.3 Å². The van der Waals surface area contributed by atoms with Gasteiger partial charge in [0.05, 0.1) is 0 Å². The number of nitrogens with one attached hydrogen (secondary N) is 1. The largest absolute Gasteiger partial charge is 0.458 e. The van der Waals surface area contributed by atoms with Gasteiger partial charge in [0.1, 0.15) is 11.7 Å². The zero-order valence-corrected chi connectivity index (χ0v) is 12.5. The first-order valence-electron chi connectivity index (χ1n) is 6.44. The highest BCUT2D eigenvalue weighted by Crippen LogP contribution is 2.19. The van der Waals surface area contributed by atoms with Crippen LogP contribution in [0, 0.1) is 0 Å². The molecule has 0 unspecified atom stereocenters. The fourth-order valence-electron chi connectivity index (χ4n) is 1.58. The average Bonchev–Trinajstić information content (AvgIpc) is 2.26. The van der Waals surface area contributed by atoms with Crippen molar-refractivity contribution in [3.05, 3.63) is 29.8 Å². The molecule has 1 rings (SSSR count). The predicted molar refractivity (Wildman–Crippen MR) is 76.5 cm³/mol. The summed E-state index contributed by atoms with van der Waals surface area (Å²) in [6.45, 7) is 8.57. The first-order chi connectivity index (χ1) is 9.17. The van der Waals surface area contributed by atoms with Crippen molar-refractivity contribution in [3.8, 4) is 0 Å². The molecule has 0 radical (unpaired) electrons. The minimum atomic E-state index is -0.534. The zero-order valence-electron chi connectivity index (χ0n) is 12.5. The Kier molecular flexibility index (Phi) is 5.13. The van der Waals surface area contributed by atoms with Gasteiger partial charge in [0.25, 0.3) is 0 Å². The van der Waals surface area contributed by atoms with E-state index in [0.717, 1.165) is 5.56 Å². The first kappa shape index (κ1) is 16.0. The maximum absolute atomic E-state index is 11.6. The molecule has 0 aliphatic carbocycles. The van der Waals surface area contributed by atoms with Gasteiger partial charge in [-0.1, -0.05) is 12.1 Å². The SMILES string of the molecule is CC(=O)O[C@H](C)c1ccc(NC(=O)OC(C)(C)C)cc1. The Hall–Kier alpha value is -2.04. The van der Waals surface area contributed by atoms with Crippen LogP contribution in [0.15, 0.2) is 24.3 Å². The van der Waals surface area contributed by atoms with E-state index in [9.17, 15) is 9.59 Å². The maximum atomic E-state index is 11.6. The topological polar surface area (TPSA) is 64.6 Å². The van der Waals surface area contributed by atoms with Gasteiger partial charge in [-0.3, -0.25) is 10.1 Å². The van der Waals surface area contributed by atoms with Gasteiger partial charge < -0.3 is 9.47 Å². The highest BCUT2D eigenvalue weighted by atomic mass is 16.6. The summed E-state index contributed by atoms with van der Waals surface area (Å²) in [5.74, 6) is -0.326. The molecule has 110 valence electrons. The Morgan fingerprint density at radius 1 is 1.15 bits per heavy atom. The van der Waals surface area contributed by atoms with Crippen LogP contribution in [0.1, 0.15) is 46.3 Å². The monoisotopic (exact) mass is 279 g/mol. The van der Waals surface area contributed by atoms with E-state index in [0.29, 0.717) is 5.69 Å². The van der Waals surface area contributed by atoms with Crippen molar-refractivity contribution in [2.24, 2.45) is 0 Å². The Morgan fingerprint density at radius 2 is 1.70 bits per heavy atom. The summed E-state index contributed by atoms with van der Waals surface area (Å²) in [6, 6.07) is 7.05. The van der Waals surface area contributed by atoms with Gasteiger partial charge in [0.2, 0.25) is 0 Å². The lowest BCUT2D eigenvalue weighted by Gasteiger charge is -2.19. The van der Waals surface area contributed by atoms with Crippen molar-refractivity contribution in [1.29, 1.82) is 0 Å². The normalized spacial score (nSPS) is 12.4. The highest BCUT2D eigenvalue weighted by Gasteiger charge is 2.16. The number of carbonyl (C=O) groups is 2. The minimum absolute atomic E-state index is 0.317. The molecule has 1 aromatic rings. The van der Waals surface area contributed by atoms with Gasteiger partial charge in [0, 0.05) is 12.6 Å². The van der Waals surface area contributed by atoms with Gasteiger partial charge in [-0.15, -0.1) is 0 Å². The summed E-state index contributed by atoms with van der Waals surface area (Å²) in [7, 11) is 0. The molecule has 0 fully saturated rings. The quantitative estimate of drug-likeness (QED) is 0.858. The maximum Gasteiger partial charge on any atom is 0.412 e. The summed E-state index contributed by atoms with van der Waals surface area (Å²) < 4.78 is 10.2. The summed E-state index contributed by atoms with van der Waals surface area (Å²) in [5, 5.41) is 2.64. The van der Waals surface area contributed by atoms with Gasteiger partial charge in [0.15, 0.2) is 0 Å². The number of benzene rings is 1. The second-order valence-corrected chi connectivity index (χ2v) is 5.50. The fourth-order valence-corrected chi connectivity index (χ4v) is 1.58. The van der Waals surface area contributed by atoms with E-state index in [1.165, 1.54) is 6.92 Å². The van der Waals surface area contributed by atoms with E-state index in [2.05, 4.69) is 5.32 Å². The fraction of sp³-hybridized carbons (Fsp3) is 0.467. The smallest absolute Gasteiger partial charge is 0.412 e. The average molecular weight is 279 g/mol. The molecule has 0 saturated carbocycles. The van der Waals surface area contributed by atoms with E-state index in [1.54, 1.807) is 52.0 Å². The van der Waals surface area contributed by atoms with E-state index in [4.69, 9.17) is 9.47 Å². The Bertz CT molecular complexity index is 474. The molecule has 0 heterocycles. The number of esters is 1. The van der Waals surface area contributed by atoms with Crippen LogP contribution in [0.25, 0.3) is 0 Å². The zero-order chi connectivity index (χ0) is 15.3. The van der Waals surface area contributed by atoms with Crippen molar-refractivity contribution < 1.29 is 19.1 Å². The third-order valence-electron chi connectivity index (χ3n) is 2.37. The summed E-state index contributed by atoms with van der Waals surface area (Å²) in [5.41, 5.74) is 0.946. The molecule has 1 amide bonds. The molecule has 0 aliphatic rings. The summed E-state index contributed by atoms with van der Waals surface area (Å²) >= 11 is 0. The number of hydrogen-bond donors (Lipinski definition) is 1. The second kappa shape index (κ2) is 6.41. The number of amides is 1. The van der Waals surface area contributed by atoms with Crippen molar-refractivity contribution in [1.82, 2.24) is 0 Å². The Morgan fingerprint density at radius 3 is 2.15 bits per heavy atom. The minimum Gasteiger partial charge on any atom is -0.458 e. The Balaban J connectivity index is 2.63. The van der Waals surface area contributed by atoms with E-state index >= 15 is 0 Å². The van der Waals surface area contributed by atoms with Gasteiger partial charge in [-0.05, 0) is 45.4 Å². The van der Waals surface area contributed by atoms with Crippen LogP contribution in [0.4, 0.5) is 10.5 Å². The van der Waals surface area contributed by atoms with Crippen LogP contribution < -0.4 is 5.32 Å². The number of rotatable bonds is 3. The van der Waals surface area contributed by atoms with Gasteiger partial charge in [-0.25, -0.2) is 4.79 Å². The summed E-state index contributed by atoms with van der Waals surface area (Å²) in [6.07, 6.45) is -0.818. The van der Waals surface area contributed by atoms with E-state index in [1.807, 2.05) is 0 Å². The molecule has 0 aromatic heterocycles. The number of hydrogen-bond acceptors (Lipinski definition) is 4. The molecule has 0 saturated heterocycles. The van der Waals surface area contributed by atoms with Crippen LogP contribution in [0.5, 0.6) is 0 Å². The van der Waals surface area contributed by atoms with Crippen LogP contribution in [0.2, 0.25) is 0 Å². The van der Waals surface area contributed by atoms with Gasteiger partial charge >= 0.3 is 12.1 Å². The molecule has 0 spiro atoms. The first-order valence-corrected chi connectivity index (χ1v) is 6.44. The number of ether oxygens (including phenoxy) is 2. The Labute approximate surface area is 119 Å². The molecule has 1 atom stereocenters. The second-order valence-electron chi connectivity index (χ2n) is 5.50. The molecule has 1 N–H and O–H groups in total. The standard InChI is InChI=1S/C15H21NO4/c1-10(19-11(2)17)12-6-8-13(9-7-12)16-14(18)20-15(3,4)5/h6-10H,1-5H3,(H,16,18)/t10-/m1/s1. The lowest BCUT2D eigenvalue weighted by atomic mass is 10.1. The molecule has 20 heavy (non-hydrogen) atoms. The lowest BCUT2D eigenvalue weighted by molar-refractivity contribution is -0.145. The predicted octanol–water partition coefficient (Wildman–Crippen LogP) is 3.66. The highest BCUT2D eigenvalue weighted by molar-refractivity contribution is 5.84. The van der Waals surface area contributed by atoms with E-state index in [-0.39, 0.29) is 12.1 Å². The van der Waals surface area contributed by atoms with Crippen molar-refractivity contribution in [2.45, 2.75) is 46.3 Å².